The Morgan fingerprint density at radius 3 is 2.71 bits per heavy atom. The molecular formula is C13H19FN2O. The fraction of sp³-hybridized carbons (Fsp3) is 0.462. The number of carbonyl (C=O) groups excluding carboxylic acids is 1. The lowest BCUT2D eigenvalue weighted by atomic mass is 10.0. The predicted octanol–water partition coefficient (Wildman–Crippen LogP) is 1.85. The molecule has 0 heterocycles. The van der Waals surface area contributed by atoms with E-state index in [2.05, 4.69) is 5.32 Å². The van der Waals surface area contributed by atoms with Gasteiger partial charge in [-0.3, -0.25) is 4.79 Å². The number of aryl methyl sites for hydroxylation is 1. The lowest BCUT2D eigenvalue weighted by molar-refractivity contribution is 0.0925. The Bertz CT molecular complexity index is 406. The predicted molar refractivity (Wildman–Crippen MR) is 66.3 cm³/mol. The number of amides is 1. The molecule has 0 radical (unpaired) electrons. The molecular weight excluding hydrogens is 219 g/mol. The molecule has 0 aliphatic carbocycles. The molecule has 1 amide bonds. The smallest absolute Gasteiger partial charge is 0.254 e. The van der Waals surface area contributed by atoms with E-state index >= 15 is 0 Å². The summed E-state index contributed by atoms with van der Waals surface area (Å²) in [6.45, 7) is 5.93. The van der Waals surface area contributed by atoms with Crippen molar-refractivity contribution < 1.29 is 9.18 Å². The van der Waals surface area contributed by atoms with Crippen molar-refractivity contribution in [2.24, 2.45) is 11.7 Å². The van der Waals surface area contributed by atoms with Gasteiger partial charge in [0.1, 0.15) is 5.82 Å². The molecule has 0 spiro atoms. The van der Waals surface area contributed by atoms with Crippen LogP contribution in [-0.4, -0.2) is 18.5 Å². The molecule has 3 nitrogen and oxygen atoms in total. The van der Waals surface area contributed by atoms with Crippen LogP contribution >= 0.6 is 0 Å². The van der Waals surface area contributed by atoms with Crippen molar-refractivity contribution >= 4 is 5.91 Å². The van der Waals surface area contributed by atoms with Gasteiger partial charge in [0, 0.05) is 6.04 Å². The Morgan fingerprint density at radius 1 is 1.47 bits per heavy atom. The number of nitrogens with two attached hydrogens (primary N) is 1. The van der Waals surface area contributed by atoms with Crippen LogP contribution in [0.3, 0.4) is 0 Å². The van der Waals surface area contributed by atoms with Crippen LogP contribution in [0.15, 0.2) is 18.2 Å². The standard InChI is InChI=1S/C13H19FN2O/c1-8-5-4-6-11(12(8)14)13(17)16-10(3)9(2)7-15/h4-6,9-10H,7,15H2,1-3H3,(H,16,17). The monoisotopic (exact) mass is 238 g/mol. The molecule has 0 saturated carbocycles. The quantitative estimate of drug-likeness (QED) is 0.841. The number of halogens is 1. The number of nitrogens with one attached hydrogen (secondary N) is 1. The zero-order valence-corrected chi connectivity index (χ0v) is 10.5. The van der Waals surface area contributed by atoms with Crippen molar-refractivity contribution in [2.45, 2.75) is 26.8 Å². The molecule has 0 aromatic heterocycles. The van der Waals surface area contributed by atoms with E-state index in [1.807, 2.05) is 13.8 Å². The maximum absolute atomic E-state index is 13.7. The van der Waals surface area contributed by atoms with Crippen LogP contribution in [0, 0.1) is 18.7 Å². The van der Waals surface area contributed by atoms with E-state index in [1.165, 1.54) is 6.07 Å². The molecule has 94 valence electrons. The van der Waals surface area contributed by atoms with Crippen molar-refractivity contribution in [3.63, 3.8) is 0 Å². The summed E-state index contributed by atoms with van der Waals surface area (Å²) >= 11 is 0. The minimum Gasteiger partial charge on any atom is -0.349 e. The summed E-state index contributed by atoms with van der Waals surface area (Å²) in [5, 5.41) is 2.76. The maximum atomic E-state index is 13.7. The summed E-state index contributed by atoms with van der Waals surface area (Å²) < 4.78 is 13.7. The molecule has 0 fully saturated rings. The number of hydrogen-bond acceptors (Lipinski definition) is 2. The first kappa shape index (κ1) is 13.6. The zero-order chi connectivity index (χ0) is 13.0. The van der Waals surface area contributed by atoms with Crippen LogP contribution in [0.1, 0.15) is 29.8 Å². The van der Waals surface area contributed by atoms with E-state index < -0.39 is 5.82 Å². The highest BCUT2D eigenvalue weighted by atomic mass is 19.1. The van der Waals surface area contributed by atoms with E-state index in [0.717, 1.165) is 0 Å². The van der Waals surface area contributed by atoms with Gasteiger partial charge in [-0.15, -0.1) is 0 Å². The lowest BCUT2D eigenvalue weighted by Crippen LogP contribution is -2.40. The molecule has 0 saturated heterocycles. The second-order valence-corrected chi connectivity index (χ2v) is 4.41. The van der Waals surface area contributed by atoms with Gasteiger partial charge in [-0.25, -0.2) is 4.39 Å². The van der Waals surface area contributed by atoms with Crippen LogP contribution in [-0.2, 0) is 0 Å². The van der Waals surface area contributed by atoms with Crippen molar-refractivity contribution in [1.82, 2.24) is 5.32 Å². The summed E-state index contributed by atoms with van der Waals surface area (Å²) in [6.07, 6.45) is 0. The Kier molecular flexibility index (Phi) is 4.63. The molecule has 0 aliphatic rings. The van der Waals surface area contributed by atoms with Gasteiger partial charge in [-0.05, 0) is 37.9 Å². The highest BCUT2D eigenvalue weighted by Crippen LogP contribution is 2.12. The summed E-state index contributed by atoms with van der Waals surface area (Å²) in [7, 11) is 0. The third kappa shape index (κ3) is 3.27. The molecule has 1 aromatic carbocycles. The van der Waals surface area contributed by atoms with Gasteiger partial charge in [0.05, 0.1) is 5.56 Å². The van der Waals surface area contributed by atoms with Gasteiger partial charge in [0.15, 0.2) is 0 Å². The fourth-order valence-electron chi connectivity index (χ4n) is 1.45. The molecule has 4 heteroatoms. The van der Waals surface area contributed by atoms with Crippen molar-refractivity contribution in [2.75, 3.05) is 6.54 Å². The fourth-order valence-corrected chi connectivity index (χ4v) is 1.45. The molecule has 0 aliphatic heterocycles. The number of carbonyl (C=O) groups is 1. The van der Waals surface area contributed by atoms with Crippen LogP contribution < -0.4 is 11.1 Å². The van der Waals surface area contributed by atoms with E-state index in [0.29, 0.717) is 12.1 Å². The summed E-state index contributed by atoms with van der Waals surface area (Å²) in [5.74, 6) is -0.691. The molecule has 2 unspecified atom stereocenters. The van der Waals surface area contributed by atoms with Gasteiger partial charge in [-0.1, -0.05) is 19.1 Å². The normalized spacial score (nSPS) is 14.2. The van der Waals surface area contributed by atoms with Gasteiger partial charge in [-0.2, -0.15) is 0 Å². The molecule has 1 aromatic rings. The first-order valence-electron chi connectivity index (χ1n) is 5.73. The maximum Gasteiger partial charge on any atom is 0.254 e. The highest BCUT2D eigenvalue weighted by Gasteiger charge is 2.17. The first-order chi connectivity index (χ1) is 7.97. The zero-order valence-electron chi connectivity index (χ0n) is 10.5. The summed E-state index contributed by atoms with van der Waals surface area (Å²) in [5.41, 5.74) is 6.07. The second-order valence-electron chi connectivity index (χ2n) is 4.41. The topological polar surface area (TPSA) is 55.1 Å². The molecule has 2 atom stereocenters. The van der Waals surface area contributed by atoms with Crippen molar-refractivity contribution in [1.29, 1.82) is 0 Å². The minimum atomic E-state index is -0.461. The van der Waals surface area contributed by atoms with Gasteiger partial charge in [0.25, 0.3) is 5.91 Å². The Balaban J connectivity index is 2.80. The van der Waals surface area contributed by atoms with Crippen LogP contribution in [0.4, 0.5) is 4.39 Å². The van der Waals surface area contributed by atoms with Crippen molar-refractivity contribution in [3.05, 3.63) is 35.1 Å². The average Bonchev–Trinajstić information content (AvgIpc) is 2.31. The van der Waals surface area contributed by atoms with E-state index in [-0.39, 0.29) is 23.4 Å². The Labute approximate surface area is 101 Å². The second kappa shape index (κ2) is 5.77. The Hall–Kier alpha value is -1.42. The van der Waals surface area contributed by atoms with Crippen LogP contribution in [0.25, 0.3) is 0 Å². The van der Waals surface area contributed by atoms with E-state index in [4.69, 9.17) is 5.73 Å². The molecule has 0 bridgehead atoms. The minimum absolute atomic E-state index is 0.0765. The van der Waals surface area contributed by atoms with Crippen LogP contribution in [0.5, 0.6) is 0 Å². The van der Waals surface area contributed by atoms with Gasteiger partial charge in [0.2, 0.25) is 0 Å². The summed E-state index contributed by atoms with van der Waals surface area (Å²) in [4.78, 5) is 11.9. The number of rotatable bonds is 4. The molecule has 1 rings (SSSR count). The summed E-state index contributed by atoms with van der Waals surface area (Å²) in [6, 6.07) is 4.72. The lowest BCUT2D eigenvalue weighted by Gasteiger charge is -2.20. The van der Waals surface area contributed by atoms with E-state index in [1.54, 1.807) is 19.1 Å². The molecule has 3 N–H and O–H groups in total. The average molecular weight is 238 g/mol. The van der Waals surface area contributed by atoms with Crippen LogP contribution in [0.2, 0.25) is 0 Å². The third-order valence-electron chi connectivity index (χ3n) is 3.02. The molecule has 17 heavy (non-hydrogen) atoms. The third-order valence-corrected chi connectivity index (χ3v) is 3.02. The largest absolute Gasteiger partial charge is 0.349 e. The van der Waals surface area contributed by atoms with E-state index in [9.17, 15) is 9.18 Å². The van der Waals surface area contributed by atoms with Gasteiger partial charge < -0.3 is 11.1 Å². The highest BCUT2D eigenvalue weighted by molar-refractivity contribution is 5.94. The SMILES string of the molecule is Cc1cccc(C(=O)NC(C)C(C)CN)c1F. The van der Waals surface area contributed by atoms with Gasteiger partial charge >= 0.3 is 0 Å². The Morgan fingerprint density at radius 2 is 2.12 bits per heavy atom. The first-order valence-corrected chi connectivity index (χ1v) is 5.73. The number of benzene rings is 1. The van der Waals surface area contributed by atoms with Crippen molar-refractivity contribution in [3.8, 4) is 0 Å². The number of hydrogen-bond donors (Lipinski definition) is 2.